The second kappa shape index (κ2) is 8.59. The fourth-order valence-electron chi connectivity index (χ4n) is 3.34. The van der Waals surface area contributed by atoms with Crippen molar-refractivity contribution in [3.05, 3.63) is 72.2 Å². The summed E-state index contributed by atoms with van der Waals surface area (Å²) in [5.74, 6) is -0.453. The van der Waals surface area contributed by atoms with Crippen LogP contribution in [-0.4, -0.2) is 31.5 Å². The van der Waals surface area contributed by atoms with E-state index in [4.69, 9.17) is 5.26 Å². The van der Waals surface area contributed by atoms with E-state index >= 15 is 0 Å². The first-order valence-electron chi connectivity index (χ1n) is 9.71. The fraction of sp³-hybridized carbons (Fsp3) is 0.174. The molecule has 0 bridgehead atoms. The summed E-state index contributed by atoms with van der Waals surface area (Å²) in [6, 6.07) is 16.0. The van der Waals surface area contributed by atoms with Gasteiger partial charge in [0.25, 0.3) is 0 Å². The molecule has 3 heterocycles. The second-order valence-corrected chi connectivity index (χ2v) is 7.23. The molecule has 0 aliphatic rings. The normalized spacial score (nSPS) is 11.4. The maximum atomic E-state index is 12.3. The fourth-order valence-corrected chi connectivity index (χ4v) is 3.34. The third kappa shape index (κ3) is 4.81. The van der Waals surface area contributed by atoms with E-state index in [1.165, 1.54) is 0 Å². The van der Waals surface area contributed by atoms with Crippen LogP contribution in [0.3, 0.4) is 0 Å². The van der Waals surface area contributed by atoms with Gasteiger partial charge in [-0.1, -0.05) is 18.2 Å². The molecule has 0 fully saturated rings. The van der Waals surface area contributed by atoms with Crippen LogP contribution >= 0.6 is 0 Å². The zero-order chi connectivity index (χ0) is 22.7. The summed E-state index contributed by atoms with van der Waals surface area (Å²) in [5.41, 5.74) is 4.51. The highest BCUT2D eigenvalue weighted by molar-refractivity contribution is 5.81. The van der Waals surface area contributed by atoms with Crippen molar-refractivity contribution in [3.8, 4) is 28.6 Å². The molecule has 6 nitrogen and oxygen atoms in total. The summed E-state index contributed by atoms with van der Waals surface area (Å²) >= 11 is 0. The third-order valence-corrected chi connectivity index (χ3v) is 4.90. The van der Waals surface area contributed by atoms with Gasteiger partial charge >= 0.3 is 6.18 Å². The van der Waals surface area contributed by atoms with Gasteiger partial charge in [0.2, 0.25) is 0 Å². The van der Waals surface area contributed by atoms with E-state index in [-0.39, 0.29) is 12.1 Å². The van der Waals surface area contributed by atoms with Crippen molar-refractivity contribution in [1.82, 2.24) is 19.6 Å². The summed E-state index contributed by atoms with van der Waals surface area (Å²) < 4.78 is 38.9. The molecule has 0 spiro atoms. The van der Waals surface area contributed by atoms with Crippen molar-refractivity contribution in [1.29, 1.82) is 5.26 Å². The summed E-state index contributed by atoms with van der Waals surface area (Å²) in [6.07, 6.45) is -2.50. The van der Waals surface area contributed by atoms with Gasteiger partial charge in [-0.25, -0.2) is 4.98 Å². The molecule has 0 amide bonds. The van der Waals surface area contributed by atoms with Gasteiger partial charge in [0.15, 0.2) is 5.69 Å². The van der Waals surface area contributed by atoms with E-state index in [0.29, 0.717) is 16.9 Å². The van der Waals surface area contributed by atoms with Crippen molar-refractivity contribution in [2.24, 2.45) is 0 Å². The van der Waals surface area contributed by atoms with Crippen LogP contribution in [0.1, 0.15) is 24.1 Å². The van der Waals surface area contributed by atoms with Crippen LogP contribution in [0.5, 0.6) is 0 Å². The Hall–Kier alpha value is -4.06. The van der Waals surface area contributed by atoms with E-state index in [1.807, 2.05) is 34.9 Å². The quantitative estimate of drug-likeness (QED) is 0.435. The Bertz CT molecular complexity index is 1320. The van der Waals surface area contributed by atoms with Crippen LogP contribution in [0.25, 0.3) is 28.2 Å². The van der Waals surface area contributed by atoms with Crippen LogP contribution < -0.4 is 0 Å². The highest BCUT2D eigenvalue weighted by atomic mass is 19.4. The van der Waals surface area contributed by atoms with Gasteiger partial charge in [0, 0.05) is 30.2 Å². The molecule has 0 atom stereocenters. The van der Waals surface area contributed by atoms with Crippen molar-refractivity contribution in [2.45, 2.75) is 25.4 Å². The number of fused-ring (bicyclic) bond motifs is 1. The minimum Gasteiger partial charge on any atom is -0.300 e. The number of hydrogen-bond acceptors (Lipinski definition) is 5. The Morgan fingerprint density at radius 2 is 1.91 bits per heavy atom. The average Bonchev–Trinajstić information content (AvgIpc) is 3.21. The predicted octanol–water partition coefficient (Wildman–Crippen LogP) is 4.78. The molecule has 0 radical (unpaired) electrons. The number of pyridine rings is 1. The van der Waals surface area contributed by atoms with E-state index < -0.39 is 24.8 Å². The van der Waals surface area contributed by atoms with Crippen molar-refractivity contribution < 1.29 is 18.0 Å². The van der Waals surface area contributed by atoms with Crippen LogP contribution in [0, 0.1) is 11.3 Å². The van der Waals surface area contributed by atoms with Crippen molar-refractivity contribution >= 4 is 11.4 Å². The lowest BCUT2D eigenvalue weighted by atomic mass is 10.0. The molecule has 0 aliphatic heterocycles. The Balaban J connectivity index is 1.57. The number of aromatic nitrogens is 4. The summed E-state index contributed by atoms with van der Waals surface area (Å²) in [5, 5.41) is 16.7. The number of carbonyl (C=O) groups excluding carboxylic acids is 1. The number of Topliss-reactive ketones (excluding diaryl/α,β-unsaturated/α-hetero) is 1. The van der Waals surface area contributed by atoms with Gasteiger partial charge in [-0.3, -0.25) is 9.20 Å². The number of imidazole rings is 1. The van der Waals surface area contributed by atoms with Gasteiger partial charge in [-0.05, 0) is 35.9 Å². The average molecular weight is 435 g/mol. The molecule has 0 unspecified atom stereocenters. The number of nitrogens with zero attached hydrogens (tertiary/aromatic N) is 5. The first-order chi connectivity index (χ1) is 15.3. The number of hydrogen-bond donors (Lipinski definition) is 0. The molecule has 0 saturated heterocycles. The number of halogens is 3. The van der Waals surface area contributed by atoms with Crippen molar-refractivity contribution in [3.63, 3.8) is 0 Å². The molecule has 0 saturated carbocycles. The third-order valence-electron chi connectivity index (χ3n) is 4.90. The molecular weight excluding hydrogens is 419 g/mol. The van der Waals surface area contributed by atoms with E-state index in [0.717, 1.165) is 16.8 Å². The second-order valence-electron chi connectivity index (χ2n) is 7.23. The zero-order valence-electron chi connectivity index (χ0n) is 16.7. The Kier molecular flexibility index (Phi) is 5.69. The SMILES string of the molecule is N#Cc1ccc(-c2ccn3c(-c4cccc(CC(=O)CCC(F)(F)F)c4)cnc3c2)nn1. The zero-order valence-corrected chi connectivity index (χ0v) is 16.7. The molecule has 9 heteroatoms. The molecule has 160 valence electrons. The van der Waals surface area contributed by atoms with Crippen LogP contribution in [0.15, 0.2) is 60.9 Å². The maximum Gasteiger partial charge on any atom is 0.389 e. The summed E-state index contributed by atoms with van der Waals surface area (Å²) in [6.45, 7) is 0. The highest BCUT2D eigenvalue weighted by Crippen LogP contribution is 2.26. The minimum atomic E-state index is -4.34. The smallest absolute Gasteiger partial charge is 0.300 e. The Labute approximate surface area is 181 Å². The van der Waals surface area contributed by atoms with Crippen molar-refractivity contribution in [2.75, 3.05) is 0 Å². The molecule has 3 aromatic heterocycles. The lowest BCUT2D eigenvalue weighted by Gasteiger charge is -2.08. The van der Waals surface area contributed by atoms with Gasteiger partial charge in [-0.2, -0.15) is 18.4 Å². The topological polar surface area (TPSA) is 83.9 Å². The standard InChI is InChI=1S/C23H16F3N5O/c24-23(25,26)8-6-19(32)11-15-2-1-3-17(10-15)21-14-28-22-12-16(7-9-31(21)22)20-5-4-18(13-27)29-30-20/h1-5,7,9-10,12,14H,6,8,11H2. The number of nitriles is 1. The van der Waals surface area contributed by atoms with E-state index in [2.05, 4.69) is 15.2 Å². The number of rotatable bonds is 6. The number of ketones is 1. The highest BCUT2D eigenvalue weighted by Gasteiger charge is 2.27. The van der Waals surface area contributed by atoms with Gasteiger partial charge in [-0.15, -0.1) is 10.2 Å². The first kappa shape index (κ1) is 21.2. The molecule has 32 heavy (non-hydrogen) atoms. The lowest BCUT2D eigenvalue weighted by molar-refractivity contribution is -0.143. The van der Waals surface area contributed by atoms with Crippen LogP contribution in [0.2, 0.25) is 0 Å². The van der Waals surface area contributed by atoms with Crippen LogP contribution in [-0.2, 0) is 11.2 Å². The van der Waals surface area contributed by atoms with E-state index in [1.54, 1.807) is 36.5 Å². The maximum absolute atomic E-state index is 12.3. The Morgan fingerprint density at radius 3 is 2.62 bits per heavy atom. The molecule has 0 aliphatic carbocycles. The number of carbonyl (C=O) groups is 1. The molecule has 4 rings (SSSR count). The van der Waals surface area contributed by atoms with Crippen LogP contribution in [0.4, 0.5) is 13.2 Å². The number of alkyl halides is 3. The molecular formula is C23H16F3N5O. The molecule has 1 aromatic carbocycles. The van der Waals surface area contributed by atoms with E-state index in [9.17, 15) is 18.0 Å². The molecule has 0 N–H and O–H groups in total. The molecule has 4 aromatic rings. The predicted molar refractivity (Wildman–Crippen MR) is 110 cm³/mol. The summed E-state index contributed by atoms with van der Waals surface area (Å²) in [7, 11) is 0. The largest absolute Gasteiger partial charge is 0.389 e. The van der Waals surface area contributed by atoms with Gasteiger partial charge < -0.3 is 0 Å². The Morgan fingerprint density at radius 1 is 1.06 bits per heavy atom. The number of benzene rings is 1. The monoisotopic (exact) mass is 435 g/mol. The minimum absolute atomic E-state index is 0.0534. The lowest BCUT2D eigenvalue weighted by Crippen LogP contribution is -2.12. The van der Waals surface area contributed by atoms with Gasteiger partial charge in [0.1, 0.15) is 17.5 Å². The summed E-state index contributed by atoms with van der Waals surface area (Å²) in [4.78, 5) is 16.4. The first-order valence-corrected chi connectivity index (χ1v) is 9.71. The van der Waals surface area contributed by atoms with Gasteiger partial charge in [0.05, 0.1) is 24.0 Å².